The molecule has 0 fully saturated rings. The van der Waals surface area contributed by atoms with E-state index in [1.54, 1.807) is 0 Å². The van der Waals surface area contributed by atoms with Crippen LogP contribution in [0.2, 0.25) is 0 Å². The van der Waals surface area contributed by atoms with E-state index in [0.717, 1.165) is 0 Å². The van der Waals surface area contributed by atoms with E-state index in [1.807, 2.05) is 0 Å². The molecule has 0 heterocycles. The zero-order chi connectivity index (χ0) is 14.8. The zero-order valence-electron chi connectivity index (χ0n) is 9.59. The third kappa shape index (κ3) is 3.01. The largest absolute Gasteiger partial charge is 0.461 e. The fourth-order valence-corrected chi connectivity index (χ4v) is 1.33. The Balaban J connectivity index is 3.19. The molecule has 0 spiro atoms. The number of esters is 1. The van der Waals surface area contributed by atoms with Crippen LogP contribution in [0.5, 0.6) is 0 Å². The molecule has 1 aromatic rings. The van der Waals surface area contributed by atoms with Gasteiger partial charge in [-0.15, -0.1) is 0 Å². The summed E-state index contributed by atoms with van der Waals surface area (Å²) in [6.45, 7) is 0.828. The molecule has 0 aromatic heterocycles. The molecule has 1 aromatic carbocycles. The molecule has 0 radical (unpaired) electrons. The van der Waals surface area contributed by atoms with Crippen molar-refractivity contribution in [3.05, 3.63) is 35.1 Å². The van der Waals surface area contributed by atoms with E-state index in [1.165, 1.54) is 6.92 Å². The van der Waals surface area contributed by atoms with Gasteiger partial charge in [0.05, 0.1) is 12.2 Å². The second-order valence-corrected chi connectivity index (χ2v) is 3.53. The Morgan fingerprint density at radius 1 is 1.32 bits per heavy atom. The van der Waals surface area contributed by atoms with Crippen LogP contribution in [0.3, 0.4) is 0 Å². The Hall–Kier alpha value is -1.70. The molecule has 1 unspecified atom stereocenters. The van der Waals surface area contributed by atoms with Gasteiger partial charge >= 0.3 is 11.9 Å². The van der Waals surface area contributed by atoms with E-state index in [9.17, 15) is 31.9 Å². The van der Waals surface area contributed by atoms with E-state index in [4.69, 9.17) is 0 Å². The van der Waals surface area contributed by atoms with Crippen molar-refractivity contribution in [1.29, 1.82) is 0 Å². The van der Waals surface area contributed by atoms with Gasteiger partial charge in [-0.3, -0.25) is 0 Å². The van der Waals surface area contributed by atoms with Crippen LogP contribution >= 0.6 is 0 Å². The summed E-state index contributed by atoms with van der Waals surface area (Å²) in [7, 11) is 0. The quantitative estimate of drug-likeness (QED) is 0.682. The summed E-state index contributed by atoms with van der Waals surface area (Å²) >= 11 is 0. The highest BCUT2D eigenvalue weighted by molar-refractivity contribution is 5.78. The lowest BCUT2D eigenvalue weighted by Gasteiger charge is -2.21. The summed E-state index contributed by atoms with van der Waals surface area (Å²) in [6.07, 6.45) is -3.12. The lowest BCUT2D eigenvalue weighted by atomic mass is 10.0. The second kappa shape index (κ2) is 5.52. The molecule has 0 amide bonds. The molecule has 0 saturated carbocycles. The van der Waals surface area contributed by atoms with Crippen molar-refractivity contribution in [2.75, 3.05) is 6.61 Å². The standard InChI is InChI=1S/C11H9F5O3/c1-2-19-10(18)11(15,16)9(17)8-6(13)3-5(12)4-7(8)14/h3-4,9,17H,2H2,1H3. The van der Waals surface area contributed by atoms with Gasteiger partial charge in [0.1, 0.15) is 17.5 Å². The third-order valence-electron chi connectivity index (χ3n) is 2.21. The van der Waals surface area contributed by atoms with E-state index >= 15 is 0 Å². The number of alkyl halides is 2. The van der Waals surface area contributed by atoms with Crippen LogP contribution in [-0.4, -0.2) is 23.6 Å². The van der Waals surface area contributed by atoms with Crippen molar-refractivity contribution >= 4 is 5.97 Å². The van der Waals surface area contributed by atoms with Gasteiger partial charge in [0.25, 0.3) is 0 Å². The molecule has 1 N–H and O–H groups in total. The fraction of sp³-hybridized carbons (Fsp3) is 0.364. The van der Waals surface area contributed by atoms with Crippen molar-refractivity contribution in [3.63, 3.8) is 0 Å². The number of hydrogen-bond donors (Lipinski definition) is 1. The molecule has 19 heavy (non-hydrogen) atoms. The van der Waals surface area contributed by atoms with Crippen LogP contribution in [0.25, 0.3) is 0 Å². The Bertz CT molecular complexity index is 466. The van der Waals surface area contributed by atoms with Crippen LogP contribution in [0.15, 0.2) is 12.1 Å². The van der Waals surface area contributed by atoms with E-state index < -0.39 is 47.6 Å². The van der Waals surface area contributed by atoms with Crippen molar-refractivity contribution < 1.29 is 36.6 Å². The number of ether oxygens (including phenoxy) is 1. The summed E-state index contributed by atoms with van der Waals surface area (Å²) in [5, 5.41) is 9.24. The molecule has 0 aliphatic heterocycles. The van der Waals surface area contributed by atoms with Gasteiger partial charge < -0.3 is 9.84 Å². The van der Waals surface area contributed by atoms with Crippen molar-refractivity contribution in [3.8, 4) is 0 Å². The Labute approximate surface area is 104 Å². The van der Waals surface area contributed by atoms with Crippen LogP contribution < -0.4 is 0 Å². The normalized spacial score (nSPS) is 13.2. The van der Waals surface area contributed by atoms with Gasteiger partial charge in [0, 0.05) is 12.1 Å². The highest BCUT2D eigenvalue weighted by Gasteiger charge is 2.50. The van der Waals surface area contributed by atoms with Crippen LogP contribution in [0, 0.1) is 17.5 Å². The first-order valence-electron chi connectivity index (χ1n) is 5.09. The molecule has 0 aliphatic carbocycles. The minimum Gasteiger partial charge on any atom is -0.461 e. The molecular weight excluding hydrogens is 275 g/mol. The summed E-state index contributed by atoms with van der Waals surface area (Å²) in [6, 6.07) is 0.228. The van der Waals surface area contributed by atoms with E-state index in [0.29, 0.717) is 0 Å². The molecule has 8 heteroatoms. The topological polar surface area (TPSA) is 46.5 Å². The Morgan fingerprint density at radius 3 is 2.21 bits per heavy atom. The monoisotopic (exact) mass is 284 g/mol. The van der Waals surface area contributed by atoms with Crippen LogP contribution in [0.1, 0.15) is 18.6 Å². The SMILES string of the molecule is CCOC(=O)C(F)(F)C(O)c1c(F)cc(F)cc1F. The Kier molecular flexibility index (Phi) is 4.46. The molecular formula is C11H9F5O3. The minimum atomic E-state index is -4.56. The van der Waals surface area contributed by atoms with E-state index in [2.05, 4.69) is 4.74 Å². The van der Waals surface area contributed by atoms with Gasteiger partial charge in [-0.25, -0.2) is 18.0 Å². The van der Waals surface area contributed by atoms with Gasteiger partial charge in [-0.1, -0.05) is 0 Å². The first kappa shape index (κ1) is 15.4. The summed E-state index contributed by atoms with van der Waals surface area (Å²) in [4.78, 5) is 10.9. The number of carbonyl (C=O) groups excluding carboxylic acids is 1. The molecule has 106 valence electrons. The molecule has 1 atom stereocenters. The number of hydrogen-bond acceptors (Lipinski definition) is 3. The first-order chi connectivity index (χ1) is 8.71. The molecule has 1 rings (SSSR count). The highest BCUT2D eigenvalue weighted by Crippen LogP contribution is 2.35. The van der Waals surface area contributed by atoms with Gasteiger partial charge in [-0.2, -0.15) is 8.78 Å². The Morgan fingerprint density at radius 2 is 1.79 bits per heavy atom. The average Bonchev–Trinajstić information content (AvgIpc) is 2.27. The van der Waals surface area contributed by atoms with Gasteiger partial charge in [-0.05, 0) is 6.92 Å². The number of carbonyl (C=O) groups is 1. The number of aliphatic hydroxyl groups is 1. The summed E-state index contributed by atoms with van der Waals surface area (Å²) < 4.78 is 69.8. The van der Waals surface area contributed by atoms with Crippen LogP contribution in [-0.2, 0) is 9.53 Å². The second-order valence-electron chi connectivity index (χ2n) is 3.53. The lowest BCUT2D eigenvalue weighted by molar-refractivity contribution is -0.189. The fourth-order valence-electron chi connectivity index (χ4n) is 1.33. The first-order valence-corrected chi connectivity index (χ1v) is 5.09. The molecule has 0 saturated heterocycles. The number of aliphatic hydroxyl groups excluding tert-OH is 1. The maximum absolute atomic E-state index is 13.4. The smallest absolute Gasteiger partial charge is 0.380 e. The molecule has 3 nitrogen and oxygen atoms in total. The van der Waals surface area contributed by atoms with Gasteiger partial charge in [0.2, 0.25) is 0 Å². The highest BCUT2D eigenvalue weighted by atomic mass is 19.3. The number of halogens is 5. The maximum Gasteiger partial charge on any atom is 0.380 e. The predicted octanol–water partition coefficient (Wildman–Crippen LogP) is 2.34. The average molecular weight is 284 g/mol. The summed E-state index contributed by atoms with van der Waals surface area (Å²) in [5.74, 6) is -11.5. The number of benzene rings is 1. The van der Waals surface area contributed by atoms with Crippen molar-refractivity contribution in [1.82, 2.24) is 0 Å². The van der Waals surface area contributed by atoms with Gasteiger partial charge in [0.15, 0.2) is 6.10 Å². The lowest BCUT2D eigenvalue weighted by Crippen LogP contribution is -2.38. The number of rotatable bonds is 4. The van der Waals surface area contributed by atoms with Crippen molar-refractivity contribution in [2.45, 2.75) is 19.0 Å². The van der Waals surface area contributed by atoms with Crippen molar-refractivity contribution in [2.24, 2.45) is 0 Å². The molecule has 0 bridgehead atoms. The predicted molar refractivity (Wildman–Crippen MR) is 52.9 cm³/mol. The van der Waals surface area contributed by atoms with E-state index in [-0.39, 0.29) is 12.1 Å². The maximum atomic E-state index is 13.4. The molecule has 0 aliphatic rings. The zero-order valence-corrected chi connectivity index (χ0v) is 9.59. The van der Waals surface area contributed by atoms with Crippen LogP contribution in [0.4, 0.5) is 22.0 Å². The third-order valence-corrected chi connectivity index (χ3v) is 2.21. The summed E-state index contributed by atoms with van der Waals surface area (Å²) in [5.41, 5.74) is -1.50. The minimum absolute atomic E-state index is 0.114.